The molecule has 0 bridgehead atoms. The Hall–Kier alpha value is -2.81. The molecule has 0 spiro atoms. The average Bonchev–Trinajstić information content (AvgIpc) is 2.88. The molecule has 1 amide bonds. The van der Waals surface area contributed by atoms with Crippen LogP contribution in [0.15, 0.2) is 30.5 Å². The van der Waals surface area contributed by atoms with Crippen molar-refractivity contribution in [2.45, 2.75) is 26.7 Å². The maximum absolute atomic E-state index is 11.8. The van der Waals surface area contributed by atoms with E-state index < -0.39 is 0 Å². The van der Waals surface area contributed by atoms with E-state index in [9.17, 15) is 4.79 Å². The molecule has 2 rings (SSSR count). The molecule has 0 saturated heterocycles. The smallest absolute Gasteiger partial charge is 0.224 e. The lowest BCUT2D eigenvalue weighted by molar-refractivity contribution is -0.117. The van der Waals surface area contributed by atoms with E-state index in [1.54, 1.807) is 23.0 Å². The molecule has 22 heavy (non-hydrogen) atoms. The van der Waals surface area contributed by atoms with Crippen molar-refractivity contribution in [3.8, 4) is 11.8 Å². The van der Waals surface area contributed by atoms with Crippen LogP contribution < -0.4 is 11.1 Å². The van der Waals surface area contributed by atoms with Crippen molar-refractivity contribution in [3.05, 3.63) is 36.0 Å². The number of benzene rings is 1. The Morgan fingerprint density at radius 1 is 1.45 bits per heavy atom. The molecule has 3 N–H and O–H groups in total. The second-order valence-corrected chi connectivity index (χ2v) is 5.30. The molecule has 0 saturated carbocycles. The Balaban J connectivity index is 2.07. The van der Waals surface area contributed by atoms with E-state index in [2.05, 4.69) is 24.3 Å². The van der Waals surface area contributed by atoms with Gasteiger partial charge in [0.25, 0.3) is 0 Å². The van der Waals surface area contributed by atoms with Crippen molar-refractivity contribution in [2.75, 3.05) is 11.1 Å². The maximum Gasteiger partial charge on any atom is 0.224 e. The highest BCUT2D eigenvalue weighted by atomic mass is 16.1. The van der Waals surface area contributed by atoms with Gasteiger partial charge < -0.3 is 11.1 Å². The minimum Gasteiger partial charge on any atom is -0.381 e. The van der Waals surface area contributed by atoms with E-state index >= 15 is 0 Å². The minimum atomic E-state index is 0.0113. The number of carbonyl (C=O) groups excluding carboxylic acids is 1. The summed E-state index contributed by atoms with van der Waals surface area (Å²) >= 11 is 0. The summed E-state index contributed by atoms with van der Waals surface area (Å²) in [6.07, 6.45) is 3.07. The Bertz CT molecular complexity index is 696. The Morgan fingerprint density at radius 3 is 2.68 bits per heavy atom. The summed E-state index contributed by atoms with van der Waals surface area (Å²) in [4.78, 5) is 11.8. The van der Waals surface area contributed by atoms with Gasteiger partial charge in [-0.15, -0.1) is 5.10 Å². The molecule has 0 aliphatic rings. The highest BCUT2D eigenvalue weighted by Crippen LogP contribution is 2.17. The molecule has 0 aliphatic heterocycles. The van der Waals surface area contributed by atoms with Crippen LogP contribution in [0.1, 0.15) is 32.3 Å². The van der Waals surface area contributed by atoms with Crippen molar-refractivity contribution in [2.24, 2.45) is 5.92 Å². The Labute approximate surface area is 129 Å². The van der Waals surface area contributed by atoms with Crippen LogP contribution in [0.3, 0.4) is 0 Å². The summed E-state index contributed by atoms with van der Waals surface area (Å²) < 4.78 is 1.54. The molecule has 6 heteroatoms. The highest BCUT2D eigenvalue weighted by Gasteiger charge is 2.09. The van der Waals surface area contributed by atoms with Crippen molar-refractivity contribution in [1.82, 2.24) is 9.78 Å². The van der Waals surface area contributed by atoms with Gasteiger partial charge in [0.2, 0.25) is 5.91 Å². The second kappa shape index (κ2) is 6.76. The van der Waals surface area contributed by atoms with Gasteiger partial charge in [-0.3, -0.25) is 4.79 Å². The molecule has 114 valence electrons. The van der Waals surface area contributed by atoms with E-state index in [0.717, 1.165) is 17.8 Å². The first-order valence-electron chi connectivity index (χ1n) is 7.19. The lowest BCUT2D eigenvalue weighted by atomic mass is 10.1. The average molecular weight is 297 g/mol. The largest absolute Gasteiger partial charge is 0.381 e. The topological polar surface area (TPSA) is 96.7 Å². The zero-order valence-corrected chi connectivity index (χ0v) is 12.7. The van der Waals surface area contributed by atoms with Crippen LogP contribution in [-0.4, -0.2) is 15.7 Å². The van der Waals surface area contributed by atoms with Gasteiger partial charge in [0.05, 0.1) is 11.9 Å². The number of carbonyl (C=O) groups is 1. The van der Waals surface area contributed by atoms with E-state index in [1.165, 1.54) is 0 Å². The molecule has 1 atom stereocenters. The first kappa shape index (κ1) is 15.6. The fourth-order valence-electron chi connectivity index (χ4n) is 1.98. The number of hydrogen-bond donors (Lipinski definition) is 2. The zero-order chi connectivity index (χ0) is 16.1. The Morgan fingerprint density at radius 2 is 2.14 bits per heavy atom. The van der Waals surface area contributed by atoms with Gasteiger partial charge in [0.15, 0.2) is 5.82 Å². The van der Waals surface area contributed by atoms with Gasteiger partial charge in [0, 0.05) is 12.1 Å². The molecular formula is C16H19N5O. The van der Waals surface area contributed by atoms with Crippen LogP contribution in [0.2, 0.25) is 0 Å². The molecule has 0 aliphatic carbocycles. The standard InChI is InChI=1S/C16H19N5O/c1-3-11(2)8-15(22)19-13-4-6-14(7-5-13)21-10-12(9-17)16(18)20-21/h4-7,10-11H,3,8H2,1-2H3,(H2,18,20)(H,19,22)/t11-/m0/s1. The number of nitrogens with two attached hydrogens (primary N) is 1. The third-order valence-corrected chi connectivity index (χ3v) is 3.51. The molecular weight excluding hydrogens is 278 g/mol. The van der Waals surface area contributed by atoms with Crippen molar-refractivity contribution < 1.29 is 4.79 Å². The van der Waals surface area contributed by atoms with Gasteiger partial charge in [-0.25, -0.2) is 4.68 Å². The normalized spacial score (nSPS) is 11.7. The van der Waals surface area contributed by atoms with E-state index in [-0.39, 0.29) is 11.7 Å². The zero-order valence-electron chi connectivity index (χ0n) is 12.7. The first-order valence-corrected chi connectivity index (χ1v) is 7.19. The summed E-state index contributed by atoms with van der Waals surface area (Å²) in [5, 5.41) is 15.8. The molecule has 1 aromatic heterocycles. The summed E-state index contributed by atoms with van der Waals surface area (Å²) in [6, 6.07) is 9.20. The highest BCUT2D eigenvalue weighted by molar-refractivity contribution is 5.90. The lowest BCUT2D eigenvalue weighted by Crippen LogP contribution is -2.14. The van der Waals surface area contributed by atoms with Crippen molar-refractivity contribution >= 4 is 17.4 Å². The van der Waals surface area contributed by atoms with Gasteiger partial charge >= 0.3 is 0 Å². The van der Waals surface area contributed by atoms with Crippen molar-refractivity contribution in [3.63, 3.8) is 0 Å². The number of amides is 1. The minimum absolute atomic E-state index is 0.0113. The summed E-state index contributed by atoms with van der Waals surface area (Å²) in [5.41, 5.74) is 7.48. The van der Waals surface area contributed by atoms with Gasteiger partial charge in [-0.1, -0.05) is 20.3 Å². The Kier molecular flexibility index (Phi) is 4.79. The second-order valence-electron chi connectivity index (χ2n) is 5.30. The number of aromatic nitrogens is 2. The van der Waals surface area contributed by atoms with Crippen LogP contribution in [0.25, 0.3) is 5.69 Å². The third kappa shape index (κ3) is 3.64. The van der Waals surface area contributed by atoms with Crippen molar-refractivity contribution in [1.29, 1.82) is 5.26 Å². The molecule has 6 nitrogen and oxygen atoms in total. The van der Waals surface area contributed by atoms with Crippen LogP contribution in [0, 0.1) is 17.2 Å². The monoisotopic (exact) mass is 297 g/mol. The van der Waals surface area contributed by atoms with Gasteiger partial charge in [-0.2, -0.15) is 5.26 Å². The lowest BCUT2D eigenvalue weighted by Gasteiger charge is -2.09. The fourth-order valence-corrected chi connectivity index (χ4v) is 1.98. The first-order chi connectivity index (χ1) is 10.5. The fraction of sp³-hybridized carbons (Fsp3) is 0.312. The number of nitrogen functional groups attached to an aromatic ring is 1. The molecule has 1 heterocycles. The number of nitriles is 1. The molecule has 2 aromatic rings. The number of nitrogens with one attached hydrogen (secondary N) is 1. The molecule has 0 unspecified atom stereocenters. The summed E-state index contributed by atoms with van der Waals surface area (Å²) in [7, 11) is 0. The van der Waals surface area contributed by atoms with E-state index in [1.807, 2.05) is 18.2 Å². The summed E-state index contributed by atoms with van der Waals surface area (Å²) in [6.45, 7) is 4.12. The number of hydrogen-bond acceptors (Lipinski definition) is 4. The van der Waals surface area contributed by atoms with E-state index in [4.69, 9.17) is 11.0 Å². The quantitative estimate of drug-likeness (QED) is 0.886. The molecule has 0 fully saturated rings. The SMILES string of the molecule is CC[C@H](C)CC(=O)Nc1ccc(-n2cc(C#N)c(N)n2)cc1. The van der Waals surface area contributed by atoms with Gasteiger partial charge in [0.1, 0.15) is 11.6 Å². The van der Waals surface area contributed by atoms with Gasteiger partial charge in [-0.05, 0) is 30.2 Å². The predicted octanol–water partition coefficient (Wildman–Crippen LogP) is 2.70. The van der Waals surface area contributed by atoms with Crippen LogP contribution in [0.5, 0.6) is 0 Å². The van der Waals surface area contributed by atoms with Crippen LogP contribution in [-0.2, 0) is 4.79 Å². The number of nitrogens with zero attached hydrogens (tertiary/aromatic N) is 3. The summed E-state index contributed by atoms with van der Waals surface area (Å²) in [5.74, 6) is 0.585. The number of anilines is 2. The number of rotatable bonds is 5. The predicted molar refractivity (Wildman–Crippen MR) is 85.4 cm³/mol. The van der Waals surface area contributed by atoms with E-state index in [0.29, 0.717) is 17.9 Å². The molecule has 1 aromatic carbocycles. The molecule has 0 radical (unpaired) electrons. The third-order valence-electron chi connectivity index (χ3n) is 3.51. The van der Waals surface area contributed by atoms with Crippen LogP contribution >= 0.6 is 0 Å². The maximum atomic E-state index is 11.8. The van der Waals surface area contributed by atoms with Crippen LogP contribution in [0.4, 0.5) is 11.5 Å².